The van der Waals surface area contributed by atoms with Gasteiger partial charge in [0, 0.05) is 14.4 Å². The Labute approximate surface area is 62.1 Å². The fourth-order valence-electron chi connectivity index (χ4n) is 1.11. The molecule has 2 heteroatoms. The summed E-state index contributed by atoms with van der Waals surface area (Å²) in [6, 6.07) is 0. The molecule has 58 valence electrons. The van der Waals surface area contributed by atoms with E-state index in [-0.39, 0.29) is 7.25 Å². The van der Waals surface area contributed by atoms with E-state index in [0.717, 1.165) is 6.54 Å². The first-order valence-corrected chi connectivity index (χ1v) is 3.50. The van der Waals surface area contributed by atoms with Crippen molar-refractivity contribution in [1.82, 2.24) is 5.32 Å². The fourth-order valence-corrected chi connectivity index (χ4v) is 1.11. The van der Waals surface area contributed by atoms with Gasteiger partial charge in [-0.25, -0.2) is 4.39 Å². The average Bonchev–Trinajstić information content (AvgIpc) is 1.88. The third-order valence-corrected chi connectivity index (χ3v) is 1.58. The van der Waals surface area contributed by atoms with Crippen molar-refractivity contribution in [3.8, 4) is 0 Å². The van der Waals surface area contributed by atoms with Gasteiger partial charge in [-0.1, -0.05) is 12.2 Å². The second kappa shape index (κ2) is 3.52. The normalized spacial score (nSPS) is 24.6. The lowest BCUT2D eigenvalue weighted by Crippen LogP contribution is -2.18. The van der Waals surface area contributed by atoms with E-state index in [2.05, 4.69) is 5.32 Å². The van der Waals surface area contributed by atoms with Gasteiger partial charge < -0.3 is 5.32 Å². The summed E-state index contributed by atoms with van der Waals surface area (Å²) in [5.41, 5.74) is 0. The third-order valence-electron chi connectivity index (χ3n) is 1.58. The van der Waals surface area contributed by atoms with Gasteiger partial charge in [0.2, 0.25) is 0 Å². The average molecular weight is 143 g/mol. The van der Waals surface area contributed by atoms with Crippen molar-refractivity contribution in [2.45, 2.75) is 6.42 Å². The molecule has 0 spiro atoms. The Morgan fingerprint density at radius 2 is 2.70 bits per heavy atom. The predicted octanol–water partition coefficient (Wildman–Crippen LogP) is 1.88. The first-order valence-electron chi connectivity index (χ1n) is 3.50. The molecule has 0 bridgehead atoms. The van der Waals surface area contributed by atoms with Crippen LogP contribution in [0.2, 0.25) is 0 Å². The van der Waals surface area contributed by atoms with Crippen molar-refractivity contribution in [3.05, 3.63) is 24.1 Å². The number of rotatable bonds is 2. The maximum absolute atomic E-state index is 12.5. The van der Waals surface area contributed by atoms with Crippen molar-refractivity contribution >= 4 is 0 Å². The highest BCUT2D eigenvalue weighted by molar-refractivity contribution is 5.15. The van der Waals surface area contributed by atoms with Crippen molar-refractivity contribution in [2.24, 2.45) is 5.92 Å². The van der Waals surface area contributed by atoms with Crippen molar-refractivity contribution in [1.29, 1.82) is 0 Å². The number of halogens is 1. The zero-order valence-corrected chi connectivity index (χ0v) is 6.10. The van der Waals surface area contributed by atoms with E-state index < -0.39 is 0 Å². The smallest absolute Gasteiger partial charge is 0.101 e. The molecule has 0 aromatic heterocycles. The summed E-state index contributed by atoms with van der Waals surface area (Å²) in [4.78, 5) is 0. The van der Waals surface area contributed by atoms with Crippen LogP contribution >= 0.6 is 0 Å². The molecule has 1 aliphatic rings. The molecule has 1 atom stereocenters. The second-order valence-corrected chi connectivity index (χ2v) is 2.52. The molecule has 0 amide bonds. The summed E-state index contributed by atoms with van der Waals surface area (Å²) in [5, 5.41) is 3.01. The third kappa shape index (κ3) is 1.95. The molecule has 1 unspecified atom stereocenters. The lowest BCUT2D eigenvalue weighted by molar-refractivity contribution is 0.498. The van der Waals surface area contributed by atoms with Gasteiger partial charge in [0.1, 0.15) is 5.83 Å². The number of hydrogen-bond donors (Lipinski definition) is 1. The van der Waals surface area contributed by atoms with Crippen molar-refractivity contribution < 1.29 is 5.82 Å². The molecule has 0 aromatic carbocycles. The topological polar surface area (TPSA) is 12.0 Å². The van der Waals surface area contributed by atoms with Crippen LogP contribution in [0.25, 0.3) is 0 Å². The molecule has 10 heavy (non-hydrogen) atoms. The van der Waals surface area contributed by atoms with E-state index in [1.807, 2.05) is 13.1 Å². The van der Waals surface area contributed by atoms with Gasteiger partial charge in [-0.3, -0.25) is 0 Å². The minimum atomic E-state index is -0.0113. The predicted molar refractivity (Wildman–Crippen MR) is 42.5 cm³/mol. The summed E-state index contributed by atoms with van der Waals surface area (Å²) < 4.78 is 12.5. The van der Waals surface area contributed by atoms with Crippen LogP contribution in [0.3, 0.4) is 0 Å². The van der Waals surface area contributed by atoms with Crippen LogP contribution in [0, 0.1) is 5.92 Å². The summed E-state index contributed by atoms with van der Waals surface area (Å²) in [6.45, 7) is 0.859. The van der Waals surface area contributed by atoms with E-state index in [1.165, 1.54) is 6.08 Å². The maximum atomic E-state index is 12.5. The first-order chi connectivity index (χ1) is 4.83. The largest absolute Gasteiger partial charge is 0.319 e. The molecular formula is C8H14FN. The van der Waals surface area contributed by atoms with Crippen molar-refractivity contribution in [2.75, 3.05) is 13.6 Å². The first kappa shape index (κ1) is 7.48. The summed E-state index contributed by atoms with van der Waals surface area (Å²) in [5.74, 6) is 0.331. The van der Waals surface area contributed by atoms with Crippen LogP contribution in [0.15, 0.2) is 24.1 Å². The van der Waals surface area contributed by atoms with Gasteiger partial charge in [-0.2, -0.15) is 0 Å². The molecule has 1 N–H and O–H groups in total. The quantitative estimate of drug-likeness (QED) is 0.622. The van der Waals surface area contributed by atoms with Crippen LogP contribution in [0.4, 0.5) is 4.39 Å². The molecule has 1 aliphatic carbocycles. The molecule has 1 nitrogen and oxygen atoms in total. The Hall–Kier alpha value is -0.630. The summed E-state index contributed by atoms with van der Waals surface area (Å²) in [7, 11) is 1.88. The molecule has 0 radical (unpaired) electrons. The standard InChI is InChI=1S/C8H12FN.H2/c1-10-6-7-3-2-4-8(9)5-7;/h2-4,7,10H,5-6H2,1H3;1H. The van der Waals surface area contributed by atoms with E-state index in [0.29, 0.717) is 12.3 Å². The summed E-state index contributed by atoms with van der Waals surface area (Å²) >= 11 is 0. The zero-order valence-electron chi connectivity index (χ0n) is 6.10. The SMILES string of the molecule is CNCC1C=CC=C(F)C1.[HH]. The van der Waals surface area contributed by atoms with Crippen LogP contribution in [0.5, 0.6) is 0 Å². The van der Waals surface area contributed by atoms with Gasteiger partial charge in [-0.05, 0) is 19.0 Å². The molecule has 1 rings (SSSR count). The van der Waals surface area contributed by atoms with Gasteiger partial charge in [0.05, 0.1) is 0 Å². The van der Waals surface area contributed by atoms with Crippen LogP contribution in [-0.4, -0.2) is 13.6 Å². The molecular weight excluding hydrogens is 129 g/mol. The Morgan fingerprint density at radius 3 is 3.30 bits per heavy atom. The minimum absolute atomic E-state index is 0. The maximum Gasteiger partial charge on any atom is 0.101 e. The Bertz CT molecular complexity index is 165. The van der Waals surface area contributed by atoms with E-state index >= 15 is 0 Å². The molecule has 0 aliphatic heterocycles. The number of allylic oxidation sites excluding steroid dienone is 3. The van der Waals surface area contributed by atoms with Gasteiger partial charge >= 0.3 is 0 Å². The Balaban J connectivity index is 0.000001000. The zero-order chi connectivity index (χ0) is 7.40. The Kier molecular flexibility index (Phi) is 2.63. The van der Waals surface area contributed by atoms with Crippen LogP contribution in [0.1, 0.15) is 7.85 Å². The van der Waals surface area contributed by atoms with Crippen molar-refractivity contribution in [3.63, 3.8) is 0 Å². The lowest BCUT2D eigenvalue weighted by atomic mass is 10.0. The van der Waals surface area contributed by atoms with E-state index in [9.17, 15) is 4.39 Å². The molecule has 0 saturated carbocycles. The van der Waals surface area contributed by atoms with Gasteiger partial charge in [-0.15, -0.1) is 0 Å². The molecule has 0 saturated heterocycles. The second-order valence-electron chi connectivity index (χ2n) is 2.52. The Morgan fingerprint density at radius 1 is 1.90 bits per heavy atom. The molecule has 0 heterocycles. The summed E-state index contributed by atoms with van der Waals surface area (Å²) in [6.07, 6.45) is 5.88. The number of nitrogens with one attached hydrogen (secondary N) is 1. The van der Waals surface area contributed by atoms with E-state index in [4.69, 9.17) is 0 Å². The highest BCUT2D eigenvalue weighted by Gasteiger charge is 2.08. The molecule has 0 fully saturated rings. The fraction of sp³-hybridized carbons (Fsp3) is 0.500. The van der Waals surface area contributed by atoms with Crippen LogP contribution in [-0.2, 0) is 0 Å². The monoisotopic (exact) mass is 143 g/mol. The highest BCUT2D eigenvalue weighted by atomic mass is 19.1. The van der Waals surface area contributed by atoms with Crippen LogP contribution < -0.4 is 5.32 Å². The number of hydrogen-bond acceptors (Lipinski definition) is 1. The lowest BCUT2D eigenvalue weighted by Gasteiger charge is -2.12. The van der Waals surface area contributed by atoms with Gasteiger partial charge in [0.25, 0.3) is 0 Å². The molecule has 0 aromatic rings. The minimum Gasteiger partial charge on any atom is -0.319 e. The van der Waals surface area contributed by atoms with E-state index in [1.54, 1.807) is 6.08 Å². The van der Waals surface area contributed by atoms with Gasteiger partial charge in [0.15, 0.2) is 0 Å². The highest BCUT2D eigenvalue weighted by Crippen LogP contribution is 2.18.